The molecule has 2 rings (SSSR count). The summed E-state index contributed by atoms with van der Waals surface area (Å²) in [6, 6.07) is 19.8. The number of aliphatic carboxylic acids is 1. The van der Waals surface area contributed by atoms with E-state index in [4.69, 9.17) is 0 Å². The molecule has 21 heavy (non-hydrogen) atoms. The molecule has 4 heteroatoms. The number of rotatable bonds is 5. The van der Waals surface area contributed by atoms with E-state index in [9.17, 15) is 9.90 Å². The van der Waals surface area contributed by atoms with Crippen molar-refractivity contribution in [3.8, 4) is 0 Å². The van der Waals surface area contributed by atoms with Crippen LogP contribution in [0.15, 0.2) is 60.7 Å². The topological polar surface area (TPSA) is 40.1 Å². The molecule has 0 atom stereocenters. The number of benzene rings is 2. The smallest absolute Gasteiger partial charge is 0.549 e. The zero-order valence-electron chi connectivity index (χ0n) is 12.8. The molecule has 106 valence electrons. The molecule has 0 amide bonds. The third-order valence-corrected chi connectivity index (χ3v) is 3.85. The van der Waals surface area contributed by atoms with Crippen LogP contribution >= 0.6 is 11.8 Å². The number of hydrogen-bond donors (Lipinski definition) is 0. The van der Waals surface area contributed by atoms with Crippen molar-refractivity contribution in [3.63, 3.8) is 0 Å². The largest absolute Gasteiger partial charge is 1.00 e. The number of carboxylic acid groups (broad SMARTS) is 1. The second-order valence-corrected chi connectivity index (χ2v) is 4.98. The summed E-state index contributed by atoms with van der Waals surface area (Å²) in [6.07, 6.45) is 0. The van der Waals surface area contributed by atoms with Gasteiger partial charge in [-0.3, -0.25) is 0 Å². The minimum absolute atomic E-state index is 0. The Bertz CT molecular complexity index is 463. The minimum Gasteiger partial charge on any atom is -0.549 e. The third kappa shape index (κ3) is 7.18. The average Bonchev–Trinajstić information content (AvgIpc) is 2.51. The van der Waals surface area contributed by atoms with Gasteiger partial charge in [0.1, 0.15) is 0 Å². The van der Waals surface area contributed by atoms with Crippen LogP contribution in [0.2, 0.25) is 0 Å². The predicted octanol–water partition coefficient (Wildman–Crippen LogP) is 0.289. The van der Waals surface area contributed by atoms with Crippen LogP contribution in [0.3, 0.4) is 0 Å². The zero-order chi connectivity index (χ0) is 14.8. The molecule has 0 aliphatic heterocycles. The minimum atomic E-state index is -1.03. The Hall–Kier alpha value is -0.740. The van der Waals surface area contributed by atoms with E-state index in [1.165, 1.54) is 11.8 Å². The Balaban J connectivity index is 0.00000128. The fraction of sp³-hybridized carbons (Fsp3) is 0.235. The molecular formula is C17H19NaO2S. The molecule has 0 saturated heterocycles. The number of thioether (sulfide) groups is 1. The van der Waals surface area contributed by atoms with Gasteiger partial charge in [0.15, 0.2) is 0 Å². The van der Waals surface area contributed by atoms with Crippen molar-refractivity contribution in [1.82, 2.24) is 0 Å². The standard InChI is InChI=1S/C15H14O2S.C2H6.Na/c16-14(17)11-18-15(12-7-3-1-4-8-12)13-9-5-2-6-10-13;1-2;/h1-10,15H,11H2,(H,16,17);1-2H3;/q;;+1/p-1. The molecule has 0 unspecified atom stereocenters. The van der Waals surface area contributed by atoms with E-state index in [0.717, 1.165) is 11.1 Å². The summed E-state index contributed by atoms with van der Waals surface area (Å²) < 4.78 is 0. The van der Waals surface area contributed by atoms with Gasteiger partial charge in [-0.15, -0.1) is 11.8 Å². The molecule has 0 N–H and O–H groups in total. The van der Waals surface area contributed by atoms with Gasteiger partial charge < -0.3 is 9.90 Å². The van der Waals surface area contributed by atoms with E-state index in [1.54, 1.807) is 0 Å². The molecule has 2 aromatic rings. The third-order valence-electron chi connectivity index (χ3n) is 2.57. The van der Waals surface area contributed by atoms with Crippen LogP contribution in [0.5, 0.6) is 0 Å². The quantitative estimate of drug-likeness (QED) is 0.745. The molecule has 0 radical (unpaired) electrons. The van der Waals surface area contributed by atoms with Crippen LogP contribution in [0.4, 0.5) is 0 Å². The van der Waals surface area contributed by atoms with Gasteiger partial charge in [0.05, 0.1) is 11.2 Å². The molecule has 2 aromatic carbocycles. The number of hydrogen-bond acceptors (Lipinski definition) is 3. The molecule has 0 heterocycles. The Morgan fingerprint density at radius 1 is 0.952 bits per heavy atom. The monoisotopic (exact) mass is 310 g/mol. The molecule has 0 aliphatic rings. The summed E-state index contributed by atoms with van der Waals surface area (Å²) in [5, 5.41) is 10.7. The van der Waals surface area contributed by atoms with Gasteiger partial charge >= 0.3 is 29.6 Å². The molecule has 2 nitrogen and oxygen atoms in total. The van der Waals surface area contributed by atoms with Gasteiger partial charge in [-0.25, -0.2) is 0 Å². The molecule has 0 spiro atoms. The Kier molecular flexibility index (Phi) is 11.5. The number of carbonyl (C=O) groups excluding carboxylic acids is 1. The van der Waals surface area contributed by atoms with Gasteiger partial charge in [-0.1, -0.05) is 74.5 Å². The van der Waals surface area contributed by atoms with Crippen LogP contribution in [-0.2, 0) is 4.79 Å². The van der Waals surface area contributed by atoms with Crippen molar-refractivity contribution in [2.24, 2.45) is 0 Å². The Morgan fingerprint density at radius 2 is 1.33 bits per heavy atom. The summed E-state index contributed by atoms with van der Waals surface area (Å²) >= 11 is 1.37. The van der Waals surface area contributed by atoms with Crippen LogP contribution in [0.25, 0.3) is 0 Å². The molecule has 0 fully saturated rings. The van der Waals surface area contributed by atoms with E-state index in [1.807, 2.05) is 74.5 Å². The number of carbonyl (C=O) groups is 1. The Morgan fingerprint density at radius 3 is 1.67 bits per heavy atom. The van der Waals surface area contributed by atoms with Crippen molar-refractivity contribution in [3.05, 3.63) is 71.8 Å². The number of carboxylic acids is 1. The summed E-state index contributed by atoms with van der Waals surface area (Å²) in [5.74, 6) is -1.04. The second kappa shape index (κ2) is 11.9. The maximum absolute atomic E-state index is 10.6. The van der Waals surface area contributed by atoms with E-state index < -0.39 is 5.97 Å². The van der Waals surface area contributed by atoms with Gasteiger partial charge in [0.25, 0.3) is 0 Å². The molecule has 0 bridgehead atoms. The fourth-order valence-electron chi connectivity index (χ4n) is 1.79. The van der Waals surface area contributed by atoms with Crippen molar-refractivity contribution < 1.29 is 39.5 Å². The van der Waals surface area contributed by atoms with E-state index >= 15 is 0 Å². The van der Waals surface area contributed by atoms with Gasteiger partial charge in [-0.05, 0) is 11.1 Å². The zero-order valence-corrected chi connectivity index (χ0v) is 15.6. The fourth-order valence-corrected chi connectivity index (χ4v) is 2.79. The SMILES string of the molecule is CC.O=C([O-])CSC(c1ccccc1)c1ccccc1.[Na+]. The van der Waals surface area contributed by atoms with E-state index in [-0.39, 0.29) is 40.6 Å². The van der Waals surface area contributed by atoms with E-state index in [2.05, 4.69) is 0 Å². The first-order valence-corrected chi connectivity index (χ1v) is 7.73. The first-order valence-electron chi connectivity index (χ1n) is 6.68. The summed E-state index contributed by atoms with van der Waals surface area (Å²) in [6.45, 7) is 4.00. The van der Waals surface area contributed by atoms with Gasteiger partial charge in [-0.2, -0.15) is 0 Å². The first-order chi connectivity index (χ1) is 9.77. The van der Waals surface area contributed by atoms with Crippen LogP contribution in [0.1, 0.15) is 30.2 Å². The summed E-state index contributed by atoms with van der Waals surface area (Å²) in [7, 11) is 0. The van der Waals surface area contributed by atoms with Crippen molar-refractivity contribution in [1.29, 1.82) is 0 Å². The molecular weight excluding hydrogens is 291 g/mol. The average molecular weight is 310 g/mol. The van der Waals surface area contributed by atoms with Crippen molar-refractivity contribution in [2.75, 3.05) is 5.75 Å². The Labute approximate surface area is 153 Å². The van der Waals surface area contributed by atoms with Crippen LogP contribution in [0, 0.1) is 0 Å². The second-order valence-electron chi connectivity index (χ2n) is 3.88. The van der Waals surface area contributed by atoms with E-state index in [0.29, 0.717) is 0 Å². The maximum Gasteiger partial charge on any atom is 1.00 e. The predicted molar refractivity (Wildman–Crippen MR) is 83.5 cm³/mol. The van der Waals surface area contributed by atoms with Gasteiger partial charge in [0, 0.05) is 5.75 Å². The molecule has 0 aliphatic carbocycles. The summed E-state index contributed by atoms with van der Waals surface area (Å²) in [5.41, 5.74) is 2.21. The first kappa shape index (κ1) is 20.3. The molecule has 0 saturated carbocycles. The molecule has 0 aromatic heterocycles. The van der Waals surface area contributed by atoms with Crippen molar-refractivity contribution in [2.45, 2.75) is 19.1 Å². The van der Waals surface area contributed by atoms with Crippen molar-refractivity contribution >= 4 is 17.7 Å². The van der Waals surface area contributed by atoms with Crippen LogP contribution < -0.4 is 34.7 Å². The normalized spacial score (nSPS) is 9.29. The van der Waals surface area contributed by atoms with Gasteiger partial charge in [0.2, 0.25) is 0 Å². The maximum atomic E-state index is 10.6. The summed E-state index contributed by atoms with van der Waals surface area (Å²) in [4.78, 5) is 10.6. The van der Waals surface area contributed by atoms with Crippen LogP contribution in [-0.4, -0.2) is 11.7 Å².